The summed E-state index contributed by atoms with van der Waals surface area (Å²) in [6, 6.07) is 1.81. The predicted molar refractivity (Wildman–Crippen MR) is 84.3 cm³/mol. The fourth-order valence-electron chi connectivity index (χ4n) is 2.03. The topological polar surface area (TPSA) is 37.8 Å². The van der Waals surface area contributed by atoms with E-state index < -0.39 is 0 Å². The summed E-state index contributed by atoms with van der Waals surface area (Å²) in [6.45, 7) is 7.25. The number of aromatic nitrogens is 2. The fourth-order valence-corrected chi connectivity index (χ4v) is 3.45. The Morgan fingerprint density at radius 2 is 2.16 bits per heavy atom. The van der Waals surface area contributed by atoms with Crippen molar-refractivity contribution in [1.29, 1.82) is 0 Å². The quantitative estimate of drug-likeness (QED) is 0.852. The van der Waals surface area contributed by atoms with E-state index >= 15 is 0 Å². The van der Waals surface area contributed by atoms with Crippen molar-refractivity contribution in [3.63, 3.8) is 0 Å². The zero-order valence-corrected chi connectivity index (χ0v) is 13.4. The number of anilines is 1. The molecule has 0 amide bonds. The zero-order chi connectivity index (χ0) is 13.9. The summed E-state index contributed by atoms with van der Waals surface area (Å²) in [6.07, 6.45) is 3.99. The lowest BCUT2D eigenvalue weighted by Gasteiger charge is -2.22. The van der Waals surface area contributed by atoms with Gasteiger partial charge in [0.15, 0.2) is 0 Å². The van der Waals surface area contributed by atoms with Gasteiger partial charge >= 0.3 is 0 Å². The Morgan fingerprint density at radius 3 is 2.79 bits per heavy atom. The number of thioether (sulfide) groups is 1. The number of nitrogens with one attached hydrogen (secondary N) is 1. The van der Waals surface area contributed by atoms with E-state index in [0.29, 0.717) is 10.4 Å². The summed E-state index contributed by atoms with van der Waals surface area (Å²) in [5.41, 5.74) is -0.0824. The van der Waals surface area contributed by atoms with Crippen LogP contribution in [0.3, 0.4) is 0 Å². The van der Waals surface area contributed by atoms with Crippen LogP contribution in [-0.2, 0) is 5.41 Å². The third-order valence-corrected chi connectivity index (χ3v) is 4.74. The normalized spacial score (nSPS) is 20.3. The van der Waals surface area contributed by atoms with E-state index in [4.69, 9.17) is 11.6 Å². The molecule has 1 N–H and O–H groups in total. The molecule has 1 fully saturated rings. The van der Waals surface area contributed by atoms with Crippen LogP contribution in [0.4, 0.5) is 5.82 Å². The summed E-state index contributed by atoms with van der Waals surface area (Å²) in [5, 5.41) is 4.62. The number of nitrogens with zero attached hydrogens (tertiary/aromatic N) is 2. The van der Waals surface area contributed by atoms with E-state index in [1.807, 2.05) is 6.07 Å². The van der Waals surface area contributed by atoms with Gasteiger partial charge in [-0.25, -0.2) is 9.97 Å². The molecule has 19 heavy (non-hydrogen) atoms. The van der Waals surface area contributed by atoms with Gasteiger partial charge in [0.25, 0.3) is 0 Å². The van der Waals surface area contributed by atoms with Gasteiger partial charge in [0.1, 0.15) is 16.8 Å². The molecule has 0 aliphatic carbocycles. The second-order valence-corrected chi connectivity index (χ2v) is 7.81. The molecular formula is C14H22ClN3S. The minimum atomic E-state index is -0.0824. The van der Waals surface area contributed by atoms with Crippen molar-refractivity contribution < 1.29 is 0 Å². The average molecular weight is 300 g/mol. The van der Waals surface area contributed by atoms with Crippen LogP contribution in [0.25, 0.3) is 0 Å². The summed E-state index contributed by atoms with van der Waals surface area (Å²) in [5.74, 6) is 2.92. The lowest BCUT2D eigenvalue weighted by molar-refractivity contribution is 0.545. The van der Waals surface area contributed by atoms with E-state index in [1.165, 1.54) is 25.0 Å². The van der Waals surface area contributed by atoms with Crippen molar-refractivity contribution in [2.45, 2.75) is 50.7 Å². The Hall–Kier alpha value is -0.480. The predicted octanol–water partition coefficient (Wildman–Crippen LogP) is 4.13. The molecule has 2 rings (SSSR count). The summed E-state index contributed by atoms with van der Waals surface area (Å²) in [4.78, 5) is 8.88. The molecule has 2 heterocycles. The molecule has 106 valence electrons. The van der Waals surface area contributed by atoms with Crippen LogP contribution in [0.5, 0.6) is 0 Å². The van der Waals surface area contributed by atoms with Gasteiger partial charge in [0.2, 0.25) is 0 Å². The minimum absolute atomic E-state index is 0.0824. The maximum Gasteiger partial charge on any atom is 0.137 e. The fraction of sp³-hybridized carbons (Fsp3) is 0.714. The lowest BCUT2D eigenvalue weighted by Crippen LogP contribution is -2.22. The van der Waals surface area contributed by atoms with Crippen molar-refractivity contribution in [1.82, 2.24) is 9.97 Å². The average Bonchev–Trinajstić information content (AvgIpc) is 2.36. The Balaban J connectivity index is 2.01. The molecule has 1 aromatic rings. The third kappa shape index (κ3) is 4.53. The van der Waals surface area contributed by atoms with E-state index in [-0.39, 0.29) is 5.41 Å². The van der Waals surface area contributed by atoms with Crippen LogP contribution < -0.4 is 5.32 Å². The highest BCUT2D eigenvalue weighted by Crippen LogP contribution is 2.26. The SMILES string of the molecule is CC(C)(C)c1nc(Cl)cc(NCC2CCCCS2)n1. The molecule has 5 heteroatoms. The van der Waals surface area contributed by atoms with Gasteiger partial charge in [-0.15, -0.1) is 0 Å². The highest BCUT2D eigenvalue weighted by molar-refractivity contribution is 7.99. The van der Waals surface area contributed by atoms with Crippen LogP contribution in [0.2, 0.25) is 5.15 Å². The van der Waals surface area contributed by atoms with Crippen molar-refractivity contribution in [2.75, 3.05) is 17.6 Å². The smallest absolute Gasteiger partial charge is 0.137 e. The second-order valence-electron chi connectivity index (χ2n) is 6.02. The first kappa shape index (κ1) is 14.9. The van der Waals surface area contributed by atoms with Crippen LogP contribution in [0.1, 0.15) is 45.9 Å². The monoisotopic (exact) mass is 299 g/mol. The Labute approximate surface area is 124 Å². The molecular weight excluding hydrogens is 278 g/mol. The summed E-state index contributed by atoms with van der Waals surface area (Å²) in [7, 11) is 0. The Kier molecular flexibility index (Phi) is 4.96. The molecule has 3 nitrogen and oxygen atoms in total. The Bertz CT molecular complexity index is 425. The molecule has 0 spiro atoms. The zero-order valence-electron chi connectivity index (χ0n) is 11.9. The van der Waals surface area contributed by atoms with Crippen LogP contribution in [0, 0.1) is 0 Å². The molecule has 0 saturated carbocycles. The molecule has 1 atom stereocenters. The summed E-state index contributed by atoms with van der Waals surface area (Å²) < 4.78 is 0. The number of rotatable bonds is 3. The maximum atomic E-state index is 6.08. The first-order chi connectivity index (χ1) is 8.95. The van der Waals surface area contributed by atoms with Gasteiger partial charge in [0, 0.05) is 23.3 Å². The number of halogens is 1. The minimum Gasteiger partial charge on any atom is -0.369 e. The van der Waals surface area contributed by atoms with E-state index in [9.17, 15) is 0 Å². The molecule has 0 aromatic carbocycles. The first-order valence-electron chi connectivity index (χ1n) is 6.86. The van der Waals surface area contributed by atoms with Crippen molar-refractivity contribution in [3.8, 4) is 0 Å². The molecule has 0 bridgehead atoms. The Morgan fingerprint density at radius 1 is 1.37 bits per heavy atom. The number of hydrogen-bond donors (Lipinski definition) is 1. The molecule has 1 aliphatic rings. The molecule has 1 aliphatic heterocycles. The van der Waals surface area contributed by atoms with Crippen molar-refractivity contribution in [3.05, 3.63) is 17.0 Å². The highest BCUT2D eigenvalue weighted by atomic mass is 35.5. The van der Waals surface area contributed by atoms with Gasteiger partial charge in [-0.1, -0.05) is 38.8 Å². The third-order valence-electron chi connectivity index (χ3n) is 3.15. The van der Waals surface area contributed by atoms with E-state index in [0.717, 1.165) is 18.2 Å². The molecule has 0 radical (unpaired) electrons. The van der Waals surface area contributed by atoms with Crippen molar-refractivity contribution >= 4 is 29.2 Å². The molecule has 1 saturated heterocycles. The molecule has 1 aromatic heterocycles. The van der Waals surface area contributed by atoms with E-state index in [2.05, 4.69) is 47.8 Å². The van der Waals surface area contributed by atoms with Gasteiger partial charge in [-0.3, -0.25) is 0 Å². The van der Waals surface area contributed by atoms with Gasteiger partial charge in [-0.05, 0) is 18.6 Å². The van der Waals surface area contributed by atoms with Crippen LogP contribution >= 0.6 is 23.4 Å². The maximum absolute atomic E-state index is 6.08. The van der Waals surface area contributed by atoms with Gasteiger partial charge in [0.05, 0.1) is 0 Å². The van der Waals surface area contributed by atoms with Gasteiger partial charge in [-0.2, -0.15) is 11.8 Å². The standard InChI is InChI=1S/C14H22ClN3S/c1-14(2,3)13-17-11(15)8-12(18-13)16-9-10-6-4-5-7-19-10/h8,10H,4-7,9H2,1-3H3,(H,16,17,18). The van der Waals surface area contributed by atoms with Crippen LogP contribution in [0.15, 0.2) is 6.07 Å². The van der Waals surface area contributed by atoms with E-state index in [1.54, 1.807) is 0 Å². The van der Waals surface area contributed by atoms with Crippen molar-refractivity contribution in [2.24, 2.45) is 0 Å². The number of hydrogen-bond acceptors (Lipinski definition) is 4. The van der Waals surface area contributed by atoms with Gasteiger partial charge < -0.3 is 5.32 Å². The first-order valence-corrected chi connectivity index (χ1v) is 8.28. The second kappa shape index (κ2) is 6.31. The highest BCUT2D eigenvalue weighted by Gasteiger charge is 2.19. The summed E-state index contributed by atoms with van der Waals surface area (Å²) >= 11 is 8.14. The van der Waals surface area contributed by atoms with Crippen LogP contribution in [-0.4, -0.2) is 27.5 Å². The lowest BCUT2D eigenvalue weighted by atomic mass is 9.96. The molecule has 1 unspecified atom stereocenters. The largest absolute Gasteiger partial charge is 0.369 e.